The lowest BCUT2D eigenvalue weighted by atomic mass is 9.65. The van der Waals surface area contributed by atoms with Crippen LogP contribution in [0, 0.1) is 11.8 Å². The molecule has 1 aromatic carbocycles. The maximum atomic E-state index is 12.9. The van der Waals surface area contributed by atoms with Crippen molar-refractivity contribution >= 4 is 11.6 Å². The first-order valence-corrected chi connectivity index (χ1v) is 8.16. The van der Waals surface area contributed by atoms with Crippen LogP contribution in [0.3, 0.4) is 0 Å². The number of phenolic OH excluding ortho intramolecular Hbond substituents is 1. The van der Waals surface area contributed by atoms with Gasteiger partial charge in [-0.15, -0.1) is 0 Å². The molecule has 4 atom stereocenters. The maximum absolute atomic E-state index is 12.9. The summed E-state index contributed by atoms with van der Waals surface area (Å²) in [5, 5.41) is 41.3. The van der Waals surface area contributed by atoms with Gasteiger partial charge >= 0.3 is 0 Å². The number of aromatic hydroxyl groups is 1. The van der Waals surface area contributed by atoms with Crippen LogP contribution >= 0.6 is 0 Å². The standard InChI is InChI=1S/C19H18O6/c1-19(25)6-8-5-10-15(17(23)13(8)12(21)7-19)18(24)14-9(16(10)22)3-2-4-11(14)20/h2-5,10,12,15,20-21,23,25H,6-7H2,1H3/t10?,12-,15?,19-/m0/s1. The van der Waals surface area contributed by atoms with E-state index in [2.05, 4.69) is 0 Å². The summed E-state index contributed by atoms with van der Waals surface area (Å²) in [6, 6.07) is 4.30. The highest BCUT2D eigenvalue weighted by molar-refractivity contribution is 6.19. The van der Waals surface area contributed by atoms with Gasteiger partial charge in [0.1, 0.15) is 11.5 Å². The molecule has 4 rings (SSSR count). The molecular weight excluding hydrogens is 324 g/mol. The second kappa shape index (κ2) is 5.03. The van der Waals surface area contributed by atoms with Gasteiger partial charge in [-0.05, 0) is 18.6 Å². The predicted molar refractivity (Wildman–Crippen MR) is 87.4 cm³/mol. The van der Waals surface area contributed by atoms with Gasteiger partial charge in [0.2, 0.25) is 0 Å². The van der Waals surface area contributed by atoms with Gasteiger partial charge in [-0.25, -0.2) is 0 Å². The van der Waals surface area contributed by atoms with Crippen LogP contribution in [0.1, 0.15) is 40.5 Å². The molecule has 0 spiro atoms. The molecule has 0 aromatic heterocycles. The number of ketones is 2. The Labute approximate surface area is 143 Å². The number of benzene rings is 1. The number of carbonyl (C=O) groups excluding carboxylic acids is 2. The van der Waals surface area contributed by atoms with Gasteiger partial charge in [0.15, 0.2) is 11.6 Å². The average molecular weight is 342 g/mol. The van der Waals surface area contributed by atoms with Crippen molar-refractivity contribution < 1.29 is 30.0 Å². The predicted octanol–water partition coefficient (Wildman–Crippen LogP) is 1.66. The largest absolute Gasteiger partial charge is 0.511 e. The van der Waals surface area contributed by atoms with Crippen molar-refractivity contribution in [1.29, 1.82) is 0 Å². The fourth-order valence-electron chi connectivity index (χ4n) is 4.30. The smallest absolute Gasteiger partial charge is 0.178 e. The third kappa shape index (κ3) is 2.18. The van der Waals surface area contributed by atoms with E-state index >= 15 is 0 Å². The Kier molecular flexibility index (Phi) is 3.23. The second-order valence-electron chi connectivity index (χ2n) is 7.32. The zero-order chi connectivity index (χ0) is 18.1. The molecule has 6 heteroatoms. The molecule has 0 radical (unpaired) electrons. The fourth-order valence-corrected chi connectivity index (χ4v) is 4.30. The number of hydrogen-bond donors (Lipinski definition) is 4. The summed E-state index contributed by atoms with van der Waals surface area (Å²) in [5.74, 6) is -3.59. The first-order chi connectivity index (χ1) is 11.7. The Balaban J connectivity index is 1.91. The summed E-state index contributed by atoms with van der Waals surface area (Å²) in [4.78, 5) is 25.7. The summed E-state index contributed by atoms with van der Waals surface area (Å²) in [5.41, 5.74) is -0.405. The summed E-state index contributed by atoms with van der Waals surface area (Å²) < 4.78 is 0. The second-order valence-corrected chi connectivity index (χ2v) is 7.32. The molecule has 0 saturated heterocycles. The van der Waals surface area contributed by atoms with Crippen LogP contribution in [-0.4, -0.2) is 43.7 Å². The van der Waals surface area contributed by atoms with Crippen LogP contribution in [0.2, 0.25) is 0 Å². The molecule has 1 fully saturated rings. The van der Waals surface area contributed by atoms with E-state index in [-0.39, 0.29) is 46.8 Å². The topological polar surface area (TPSA) is 115 Å². The first-order valence-electron chi connectivity index (χ1n) is 8.16. The summed E-state index contributed by atoms with van der Waals surface area (Å²) in [6.45, 7) is 1.58. The van der Waals surface area contributed by atoms with E-state index in [0.29, 0.717) is 5.57 Å². The molecule has 3 aliphatic rings. The molecule has 1 aromatic rings. The lowest BCUT2D eigenvalue weighted by molar-refractivity contribution is 0.000165. The van der Waals surface area contributed by atoms with Gasteiger partial charge < -0.3 is 20.4 Å². The van der Waals surface area contributed by atoms with Gasteiger partial charge in [-0.2, -0.15) is 0 Å². The number of fused-ring (bicyclic) bond motifs is 3. The number of carbonyl (C=O) groups is 2. The quantitative estimate of drug-likeness (QED) is 0.570. The number of phenols is 1. The van der Waals surface area contributed by atoms with Crippen LogP contribution < -0.4 is 0 Å². The summed E-state index contributed by atoms with van der Waals surface area (Å²) in [7, 11) is 0. The first kappa shape index (κ1) is 16.1. The Morgan fingerprint density at radius 1 is 1.16 bits per heavy atom. The lowest BCUT2D eigenvalue weighted by Crippen LogP contribution is -2.44. The molecule has 0 amide bonds. The highest BCUT2D eigenvalue weighted by Gasteiger charge is 2.50. The van der Waals surface area contributed by atoms with Gasteiger partial charge in [0, 0.05) is 24.0 Å². The van der Waals surface area contributed by atoms with E-state index < -0.39 is 29.3 Å². The molecule has 6 nitrogen and oxygen atoms in total. The third-order valence-corrected chi connectivity index (χ3v) is 5.33. The SMILES string of the molecule is C[C@]1(O)CC2=CC3C(=O)c4cccc(O)c4C(=O)C3C(O)=C2[C@@H](O)C1. The van der Waals surface area contributed by atoms with Crippen molar-refractivity contribution in [3.05, 3.63) is 52.3 Å². The molecule has 0 aliphatic heterocycles. The highest BCUT2D eigenvalue weighted by Crippen LogP contribution is 2.47. The van der Waals surface area contributed by atoms with E-state index in [1.807, 2.05) is 0 Å². The highest BCUT2D eigenvalue weighted by atomic mass is 16.3. The van der Waals surface area contributed by atoms with Crippen LogP contribution in [0.4, 0.5) is 0 Å². The fraction of sp³-hybridized carbons (Fsp3) is 0.368. The minimum absolute atomic E-state index is 0.0328. The number of Topliss-reactive ketones (excluding diaryl/α,β-unsaturated/α-hetero) is 2. The van der Waals surface area contributed by atoms with Crippen molar-refractivity contribution in [3.8, 4) is 5.75 Å². The third-order valence-electron chi connectivity index (χ3n) is 5.33. The van der Waals surface area contributed by atoms with Crippen molar-refractivity contribution in [2.45, 2.75) is 31.5 Å². The molecule has 130 valence electrons. The Bertz CT molecular complexity index is 876. The molecular formula is C19H18O6. The van der Waals surface area contributed by atoms with E-state index in [4.69, 9.17) is 0 Å². The van der Waals surface area contributed by atoms with Crippen LogP contribution in [0.15, 0.2) is 41.2 Å². The van der Waals surface area contributed by atoms with E-state index in [1.54, 1.807) is 13.0 Å². The van der Waals surface area contributed by atoms with E-state index in [1.165, 1.54) is 18.2 Å². The number of allylic oxidation sites excluding steroid dienone is 2. The van der Waals surface area contributed by atoms with Crippen LogP contribution in [0.5, 0.6) is 5.75 Å². The molecule has 1 saturated carbocycles. The van der Waals surface area contributed by atoms with Gasteiger partial charge in [-0.3, -0.25) is 9.59 Å². The average Bonchev–Trinajstić information content (AvgIpc) is 2.50. The molecule has 0 bridgehead atoms. The maximum Gasteiger partial charge on any atom is 0.178 e. The zero-order valence-corrected chi connectivity index (χ0v) is 13.6. The number of aliphatic hydroxyl groups excluding tert-OH is 2. The molecule has 25 heavy (non-hydrogen) atoms. The van der Waals surface area contributed by atoms with Crippen molar-refractivity contribution in [2.75, 3.05) is 0 Å². The van der Waals surface area contributed by atoms with E-state index in [9.17, 15) is 30.0 Å². The van der Waals surface area contributed by atoms with Gasteiger partial charge in [0.05, 0.1) is 29.1 Å². The van der Waals surface area contributed by atoms with Crippen molar-refractivity contribution in [1.82, 2.24) is 0 Å². The molecule has 2 unspecified atom stereocenters. The minimum atomic E-state index is -1.15. The van der Waals surface area contributed by atoms with Crippen LogP contribution in [0.25, 0.3) is 0 Å². The monoisotopic (exact) mass is 342 g/mol. The van der Waals surface area contributed by atoms with Crippen molar-refractivity contribution in [3.63, 3.8) is 0 Å². The number of rotatable bonds is 0. The van der Waals surface area contributed by atoms with Gasteiger partial charge in [0.25, 0.3) is 0 Å². The molecule has 3 aliphatic carbocycles. The van der Waals surface area contributed by atoms with Crippen LogP contribution in [-0.2, 0) is 0 Å². The van der Waals surface area contributed by atoms with Crippen molar-refractivity contribution in [2.24, 2.45) is 11.8 Å². The normalized spacial score (nSPS) is 34.2. The number of aliphatic hydroxyl groups is 3. The Hall–Kier alpha value is -2.44. The van der Waals surface area contributed by atoms with Gasteiger partial charge in [-0.1, -0.05) is 18.2 Å². The Morgan fingerprint density at radius 3 is 2.60 bits per heavy atom. The lowest BCUT2D eigenvalue weighted by Gasteiger charge is -2.41. The Morgan fingerprint density at radius 2 is 1.88 bits per heavy atom. The molecule has 4 N–H and O–H groups in total. The van der Waals surface area contributed by atoms with E-state index in [0.717, 1.165) is 0 Å². The molecule has 0 heterocycles. The summed E-state index contributed by atoms with van der Waals surface area (Å²) in [6.07, 6.45) is 0.667. The summed E-state index contributed by atoms with van der Waals surface area (Å²) >= 11 is 0. The minimum Gasteiger partial charge on any atom is -0.511 e. The number of hydrogen-bond acceptors (Lipinski definition) is 6. The zero-order valence-electron chi connectivity index (χ0n) is 13.6.